The van der Waals surface area contributed by atoms with Crippen LogP contribution in [0.4, 0.5) is 11.4 Å². The lowest BCUT2D eigenvalue weighted by molar-refractivity contribution is -0.135. The fraction of sp³-hybridized carbons (Fsp3) is 0.217. The van der Waals surface area contributed by atoms with E-state index in [9.17, 15) is 9.59 Å². The zero-order chi connectivity index (χ0) is 21.2. The van der Waals surface area contributed by atoms with Crippen molar-refractivity contribution in [2.24, 2.45) is 0 Å². The van der Waals surface area contributed by atoms with Gasteiger partial charge < -0.3 is 20.1 Å². The molecule has 0 unspecified atom stereocenters. The molecule has 2 N–H and O–H groups in total. The molecule has 0 atom stereocenters. The van der Waals surface area contributed by atoms with Crippen LogP contribution < -0.4 is 10.6 Å². The summed E-state index contributed by atoms with van der Waals surface area (Å²) in [6.07, 6.45) is 3.62. The number of hydrogen-bond acceptors (Lipinski definition) is 6. The summed E-state index contributed by atoms with van der Waals surface area (Å²) in [5.74, 6) is -0.777. The van der Waals surface area contributed by atoms with E-state index in [2.05, 4.69) is 20.1 Å². The minimum Gasteiger partial charge on any atom is -0.466 e. The maximum Gasteiger partial charge on any atom is 0.332 e. The molecule has 6 heteroatoms. The number of benzene rings is 2. The van der Waals surface area contributed by atoms with Gasteiger partial charge in [0, 0.05) is 34.9 Å². The molecule has 0 heterocycles. The summed E-state index contributed by atoms with van der Waals surface area (Å²) in [6, 6.07) is 16.1. The Bertz CT molecular complexity index is 822. The third kappa shape index (κ3) is 7.54. The number of carbonyl (C=O) groups is 2. The van der Waals surface area contributed by atoms with Crippen molar-refractivity contribution in [1.29, 1.82) is 0 Å². The molecule has 29 heavy (non-hydrogen) atoms. The molecule has 0 fully saturated rings. The van der Waals surface area contributed by atoms with Crippen LogP contribution in [0.15, 0.2) is 72.1 Å². The molecule has 6 nitrogen and oxygen atoms in total. The normalized spacial score (nSPS) is 11.6. The summed E-state index contributed by atoms with van der Waals surface area (Å²) in [6.45, 7) is 3.62. The number of methoxy groups -OCH3 is 2. The molecule has 0 bridgehead atoms. The van der Waals surface area contributed by atoms with E-state index in [0.29, 0.717) is 11.4 Å². The molecule has 0 aliphatic heterocycles. The Morgan fingerprint density at radius 3 is 1.38 bits per heavy atom. The average Bonchev–Trinajstić information content (AvgIpc) is 2.70. The highest BCUT2D eigenvalue weighted by Crippen LogP contribution is 2.17. The van der Waals surface area contributed by atoms with Crippen molar-refractivity contribution >= 4 is 23.3 Å². The second kappa shape index (κ2) is 10.7. The molecular formula is C23H26N2O4. The van der Waals surface area contributed by atoms with E-state index in [4.69, 9.17) is 0 Å². The number of rotatable bonds is 8. The maximum atomic E-state index is 11.2. The molecule has 0 saturated heterocycles. The Kier molecular flexibility index (Phi) is 8.03. The molecule has 2 aromatic carbocycles. The zero-order valence-corrected chi connectivity index (χ0v) is 17.1. The van der Waals surface area contributed by atoms with Crippen LogP contribution in [0.3, 0.4) is 0 Å². The Labute approximate surface area is 171 Å². The second-order valence-electron chi connectivity index (χ2n) is 6.52. The van der Waals surface area contributed by atoms with Gasteiger partial charge in [-0.15, -0.1) is 0 Å². The summed E-state index contributed by atoms with van der Waals surface area (Å²) >= 11 is 0. The Morgan fingerprint density at radius 1 is 0.724 bits per heavy atom. The number of hydrogen-bond donors (Lipinski definition) is 2. The van der Waals surface area contributed by atoms with Crippen LogP contribution in [-0.4, -0.2) is 26.2 Å². The van der Waals surface area contributed by atoms with Gasteiger partial charge in [0.1, 0.15) is 0 Å². The monoisotopic (exact) mass is 394 g/mol. The van der Waals surface area contributed by atoms with Crippen molar-refractivity contribution in [3.8, 4) is 0 Å². The van der Waals surface area contributed by atoms with E-state index in [1.807, 2.05) is 62.4 Å². The van der Waals surface area contributed by atoms with Crippen LogP contribution in [0.5, 0.6) is 0 Å². The summed E-state index contributed by atoms with van der Waals surface area (Å²) in [7, 11) is 2.70. The minimum absolute atomic E-state index is 0.388. The van der Waals surface area contributed by atoms with Gasteiger partial charge in [-0.25, -0.2) is 9.59 Å². The highest BCUT2D eigenvalue weighted by atomic mass is 16.5. The van der Waals surface area contributed by atoms with Gasteiger partial charge in [-0.2, -0.15) is 0 Å². The largest absolute Gasteiger partial charge is 0.466 e. The van der Waals surface area contributed by atoms with Gasteiger partial charge in [0.05, 0.1) is 14.2 Å². The summed E-state index contributed by atoms with van der Waals surface area (Å²) < 4.78 is 9.22. The quantitative estimate of drug-likeness (QED) is 0.515. The van der Waals surface area contributed by atoms with Crippen LogP contribution in [0.1, 0.15) is 25.0 Å². The number of nitrogens with one attached hydrogen (secondary N) is 2. The fourth-order valence-electron chi connectivity index (χ4n) is 2.65. The lowest BCUT2D eigenvalue weighted by Gasteiger charge is -2.09. The number of carbonyl (C=O) groups excluding carboxylic acids is 2. The van der Waals surface area contributed by atoms with Crippen molar-refractivity contribution < 1.29 is 19.1 Å². The van der Waals surface area contributed by atoms with Gasteiger partial charge in [0.2, 0.25) is 0 Å². The highest BCUT2D eigenvalue weighted by Gasteiger charge is 2.02. The number of ether oxygens (including phenoxy) is 2. The molecule has 0 amide bonds. The van der Waals surface area contributed by atoms with Gasteiger partial charge in [0.25, 0.3) is 0 Å². The lowest BCUT2D eigenvalue weighted by atomic mass is 10.0. The van der Waals surface area contributed by atoms with E-state index in [0.717, 1.165) is 17.8 Å². The van der Waals surface area contributed by atoms with Gasteiger partial charge in [-0.05, 0) is 55.7 Å². The predicted octanol–water partition coefficient (Wildman–Crippen LogP) is 4.25. The van der Waals surface area contributed by atoms with Gasteiger partial charge in [-0.1, -0.05) is 24.3 Å². The molecule has 0 aliphatic rings. The zero-order valence-electron chi connectivity index (χ0n) is 17.1. The molecule has 2 rings (SSSR count). The van der Waals surface area contributed by atoms with Crippen molar-refractivity contribution in [3.63, 3.8) is 0 Å². The smallest absolute Gasteiger partial charge is 0.332 e. The Balaban J connectivity index is 1.95. The Hall–Kier alpha value is -3.54. The van der Waals surface area contributed by atoms with Crippen LogP contribution in [0.25, 0.3) is 0 Å². The first-order valence-electron chi connectivity index (χ1n) is 9.14. The third-order valence-corrected chi connectivity index (χ3v) is 4.07. The van der Waals surface area contributed by atoms with Gasteiger partial charge in [-0.3, -0.25) is 0 Å². The SMILES string of the molecule is COC(=O)C=C(C)Nc1ccc(Cc2ccc(NC(C)=CC(=O)OC)cc2)cc1. The summed E-state index contributed by atoms with van der Waals surface area (Å²) in [5, 5.41) is 6.31. The third-order valence-electron chi connectivity index (χ3n) is 4.07. The number of anilines is 2. The lowest BCUT2D eigenvalue weighted by Crippen LogP contribution is -2.02. The van der Waals surface area contributed by atoms with Crippen molar-refractivity contribution in [1.82, 2.24) is 0 Å². The van der Waals surface area contributed by atoms with Crippen LogP contribution >= 0.6 is 0 Å². The molecule has 0 aliphatic carbocycles. The van der Waals surface area contributed by atoms with E-state index in [1.54, 1.807) is 0 Å². The van der Waals surface area contributed by atoms with E-state index >= 15 is 0 Å². The molecule has 0 radical (unpaired) electrons. The fourth-order valence-corrected chi connectivity index (χ4v) is 2.65. The van der Waals surface area contributed by atoms with Crippen LogP contribution in [0.2, 0.25) is 0 Å². The van der Waals surface area contributed by atoms with Crippen molar-refractivity contribution in [2.45, 2.75) is 20.3 Å². The van der Waals surface area contributed by atoms with E-state index in [-0.39, 0.29) is 11.9 Å². The van der Waals surface area contributed by atoms with Gasteiger partial charge in [0.15, 0.2) is 0 Å². The molecule has 152 valence electrons. The van der Waals surface area contributed by atoms with Gasteiger partial charge >= 0.3 is 11.9 Å². The molecule has 0 spiro atoms. The predicted molar refractivity (Wildman–Crippen MR) is 114 cm³/mol. The topological polar surface area (TPSA) is 76.7 Å². The first-order valence-corrected chi connectivity index (χ1v) is 9.14. The number of allylic oxidation sites excluding steroid dienone is 2. The maximum absolute atomic E-state index is 11.2. The molecule has 2 aromatic rings. The first-order chi connectivity index (χ1) is 13.9. The number of esters is 2. The Morgan fingerprint density at radius 2 is 1.07 bits per heavy atom. The van der Waals surface area contributed by atoms with E-state index < -0.39 is 0 Å². The standard InChI is InChI=1S/C23H26N2O4/c1-16(13-22(26)28-3)24-20-9-5-18(6-10-20)15-19-7-11-21(12-8-19)25-17(2)14-23(27)29-4/h5-14,24-25H,15H2,1-4H3. The molecule has 0 aromatic heterocycles. The highest BCUT2D eigenvalue weighted by molar-refractivity contribution is 5.83. The summed E-state index contributed by atoms with van der Waals surface area (Å²) in [4.78, 5) is 22.5. The minimum atomic E-state index is -0.388. The van der Waals surface area contributed by atoms with Crippen molar-refractivity contribution in [3.05, 3.63) is 83.2 Å². The summed E-state index contributed by atoms with van der Waals surface area (Å²) in [5.41, 5.74) is 5.58. The average molecular weight is 394 g/mol. The molecule has 0 saturated carbocycles. The van der Waals surface area contributed by atoms with E-state index in [1.165, 1.54) is 37.5 Å². The first kappa shape index (κ1) is 21.8. The second-order valence-corrected chi connectivity index (χ2v) is 6.52. The van der Waals surface area contributed by atoms with Crippen LogP contribution in [0, 0.1) is 0 Å². The molecular weight excluding hydrogens is 368 g/mol. The van der Waals surface area contributed by atoms with Crippen LogP contribution in [-0.2, 0) is 25.5 Å². The van der Waals surface area contributed by atoms with Crippen molar-refractivity contribution in [2.75, 3.05) is 24.9 Å².